The van der Waals surface area contributed by atoms with Gasteiger partial charge in [0.1, 0.15) is 0 Å². The fourth-order valence-corrected chi connectivity index (χ4v) is 11.2. The van der Waals surface area contributed by atoms with Gasteiger partial charge in [0.05, 0.1) is 33.1 Å². The molecule has 15 aromatic rings. The van der Waals surface area contributed by atoms with Crippen molar-refractivity contribution in [1.29, 1.82) is 0 Å². The summed E-state index contributed by atoms with van der Waals surface area (Å²) in [6.45, 7) is 0. The summed E-state index contributed by atoms with van der Waals surface area (Å²) >= 11 is 0. The van der Waals surface area contributed by atoms with Crippen molar-refractivity contribution in [2.45, 2.75) is 0 Å². The molecule has 15 rings (SSSR count). The summed E-state index contributed by atoms with van der Waals surface area (Å²) in [5.74, 6) is 1.73. The fourth-order valence-electron chi connectivity index (χ4n) is 11.2. The molecule has 0 saturated heterocycles. The summed E-state index contributed by atoms with van der Waals surface area (Å²) in [6.07, 6.45) is 0. The van der Waals surface area contributed by atoms with E-state index in [2.05, 4.69) is 244 Å². The van der Waals surface area contributed by atoms with Crippen LogP contribution in [0.3, 0.4) is 0 Å². The van der Waals surface area contributed by atoms with Crippen LogP contribution in [0.5, 0.6) is 0 Å². The summed E-state index contributed by atoms with van der Waals surface area (Å²) in [6, 6.07) is 82.8. The second kappa shape index (κ2) is 14.6. The first-order valence-electron chi connectivity index (χ1n) is 23.4. The Balaban J connectivity index is 0.935. The predicted molar refractivity (Wildman–Crippen MR) is 286 cm³/mol. The molecule has 6 heteroatoms. The molecule has 0 atom stereocenters. The number of aromatic nitrogens is 6. The van der Waals surface area contributed by atoms with Crippen LogP contribution in [0.15, 0.2) is 231 Å². The van der Waals surface area contributed by atoms with Crippen LogP contribution in [0.4, 0.5) is 0 Å². The van der Waals surface area contributed by atoms with Crippen molar-refractivity contribution < 1.29 is 0 Å². The molecule has 4 aromatic heterocycles. The molecule has 0 aliphatic carbocycles. The monoisotopic (exact) mass is 878 g/mol. The van der Waals surface area contributed by atoms with Gasteiger partial charge in [0, 0.05) is 43.6 Å². The second-order valence-electron chi connectivity index (χ2n) is 18.0. The highest BCUT2D eigenvalue weighted by Crippen LogP contribution is 2.41. The molecule has 0 spiro atoms. The van der Waals surface area contributed by atoms with Crippen molar-refractivity contribution in [1.82, 2.24) is 28.7 Å². The Kier molecular flexibility index (Phi) is 7.97. The largest absolute Gasteiger partial charge is 0.309 e. The first-order chi connectivity index (χ1) is 34.2. The number of hydrogen-bond acceptors (Lipinski definition) is 3. The molecule has 6 nitrogen and oxygen atoms in total. The van der Waals surface area contributed by atoms with Gasteiger partial charge in [0.25, 0.3) is 0 Å². The minimum Gasteiger partial charge on any atom is -0.309 e. The molecule has 0 unspecified atom stereocenters. The summed E-state index contributed by atoms with van der Waals surface area (Å²) in [5.41, 5.74) is 11.0. The third-order valence-corrected chi connectivity index (χ3v) is 14.3. The lowest BCUT2D eigenvalue weighted by molar-refractivity contribution is 0.893. The van der Waals surface area contributed by atoms with Crippen molar-refractivity contribution >= 4 is 97.7 Å². The van der Waals surface area contributed by atoms with Crippen molar-refractivity contribution in [2.75, 3.05) is 0 Å². The van der Waals surface area contributed by atoms with Crippen LogP contribution < -0.4 is 0 Å². The maximum Gasteiger partial charge on any atom is 0.240 e. The van der Waals surface area contributed by atoms with E-state index in [9.17, 15) is 0 Å². The van der Waals surface area contributed by atoms with Gasteiger partial charge in [-0.15, -0.1) is 0 Å². The molecule has 0 aliphatic heterocycles. The van der Waals surface area contributed by atoms with Crippen LogP contribution in [-0.2, 0) is 0 Å². The van der Waals surface area contributed by atoms with Gasteiger partial charge in [-0.05, 0) is 110 Å². The van der Waals surface area contributed by atoms with Crippen LogP contribution in [0, 0.1) is 0 Å². The number of para-hydroxylation sites is 6. The van der Waals surface area contributed by atoms with E-state index in [1.54, 1.807) is 0 Å². The molecule has 0 N–H and O–H groups in total. The molecule has 4 heterocycles. The first-order valence-corrected chi connectivity index (χ1v) is 23.4. The zero-order chi connectivity index (χ0) is 45.2. The zero-order valence-electron chi connectivity index (χ0n) is 37.1. The van der Waals surface area contributed by atoms with E-state index in [0.29, 0.717) is 17.7 Å². The van der Waals surface area contributed by atoms with Crippen LogP contribution in [-0.4, -0.2) is 28.7 Å². The lowest BCUT2D eigenvalue weighted by Crippen LogP contribution is -2.10. The summed E-state index contributed by atoms with van der Waals surface area (Å²) < 4.78 is 6.75. The third-order valence-electron chi connectivity index (χ3n) is 14.3. The van der Waals surface area contributed by atoms with Gasteiger partial charge in [0.15, 0.2) is 5.82 Å². The van der Waals surface area contributed by atoms with Gasteiger partial charge in [-0.3, -0.25) is 9.13 Å². The normalized spacial score (nSPS) is 12.1. The first kappa shape index (κ1) is 37.8. The molecule has 0 aliphatic rings. The number of fused-ring (bicyclic) bond motifs is 15. The maximum absolute atomic E-state index is 5.40. The SMILES string of the molecule is c1ccc(-n2c3ccccc3c3cc(-c4ccc5c6ccc(-c7nc(-n8c9ccccc9c9ccccc98)nc(-n8c9ccccc9c9ccccc98)n7)cc6c6ccccc6c5c4)ccc32)cc1. The van der Waals surface area contributed by atoms with Crippen molar-refractivity contribution in [3.05, 3.63) is 231 Å². The smallest absolute Gasteiger partial charge is 0.240 e. The van der Waals surface area contributed by atoms with Crippen molar-refractivity contribution in [2.24, 2.45) is 0 Å². The number of benzene rings is 11. The lowest BCUT2D eigenvalue weighted by atomic mass is 9.91. The predicted octanol–water partition coefficient (Wildman–Crippen LogP) is 16.0. The number of nitrogens with zero attached hydrogens (tertiary/aromatic N) is 6. The van der Waals surface area contributed by atoms with Gasteiger partial charge in [-0.2, -0.15) is 15.0 Å². The quantitative estimate of drug-likeness (QED) is 0.162. The molecule has 0 radical (unpaired) electrons. The molecular formula is C63H38N6. The highest BCUT2D eigenvalue weighted by Gasteiger charge is 2.22. The Morgan fingerprint density at radius 2 is 0.551 bits per heavy atom. The molecule has 0 amide bonds. The summed E-state index contributed by atoms with van der Waals surface area (Å²) in [7, 11) is 0. The topological polar surface area (TPSA) is 53.5 Å². The Bertz CT molecular complexity index is 4350. The minimum atomic E-state index is 0.563. The fraction of sp³-hybridized carbons (Fsp3) is 0. The van der Waals surface area contributed by atoms with Gasteiger partial charge in [-0.1, -0.05) is 164 Å². The van der Waals surface area contributed by atoms with Gasteiger partial charge >= 0.3 is 0 Å². The molecular weight excluding hydrogens is 841 g/mol. The average molecular weight is 879 g/mol. The Morgan fingerprint density at radius 3 is 1.04 bits per heavy atom. The Labute approximate surface area is 395 Å². The van der Waals surface area contributed by atoms with E-state index in [1.807, 2.05) is 0 Å². The van der Waals surface area contributed by atoms with E-state index in [1.165, 1.54) is 59.9 Å². The number of hydrogen-bond donors (Lipinski definition) is 0. The third kappa shape index (κ3) is 5.57. The van der Waals surface area contributed by atoms with Crippen LogP contribution in [0.1, 0.15) is 0 Å². The molecule has 11 aromatic carbocycles. The van der Waals surface area contributed by atoms with E-state index in [0.717, 1.165) is 60.2 Å². The maximum atomic E-state index is 5.40. The van der Waals surface area contributed by atoms with E-state index < -0.39 is 0 Å². The average Bonchev–Trinajstić information content (AvgIpc) is 4.06. The van der Waals surface area contributed by atoms with E-state index >= 15 is 0 Å². The summed E-state index contributed by atoms with van der Waals surface area (Å²) in [4.78, 5) is 16.2. The van der Waals surface area contributed by atoms with Gasteiger partial charge in [0.2, 0.25) is 11.9 Å². The second-order valence-corrected chi connectivity index (χ2v) is 18.0. The Morgan fingerprint density at radius 1 is 0.217 bits per heavy atom. The number of rotatable bonds is 5. The Hall–Kier alpha value is -9.39. The zero-order valence-corrected chi connectivity index (χ0v) is 37.1. The molecule has 69 heavy (non-hydrogen) atoms. The summed E-state index contributed by atoms with van der Waals surface area (Å²) in [5, 5.41) is 14.2. The molecule has 0 bridgehead atoms. The van der Waals surface area contributed by atoms with Crippen molar-refractivity contribution in [3.63, 3.8) is 0 Å². The van der Waals surface area contributed by atoms with Crippen LogP contribution in [0.2, 0.25) is 0 Å². The molecule has 0 fully saturated rings. The highest BCUT2D eigenvalue weighted by molar-refractivity contribution is 6.26. The lowest BCUT2D eigenvalue weighted by Gasteiger charge is -2.15. The molecule has 0 saturated carbocycles. The standard InChI is InChI=1S/C63H38N6/c1-2-16-42(17-3-1)67-55-25-11-10-24-51(55)54-37-40(32-35-60(54)67)39-30-33-45-46-34-31-41(38-53(46)44-19-5-4-18-43(44)52(45)36-39)61-64-62(68-56-26-12-6-20-47(56)48-21-7-13-27-57(48)68)66-63(65-61)69-58-28-14-8-22-49(58)50-23-9-15-29-59(50)69/h1-38H. The molecule has 320 valence electrons. The highest BCUT2D eigenvalue weighted by atomic mass is 15.3. The van der Waals surface area contributed by atoms with Crippen LogP contribution >= 0.6 is 0 Å². The van der Waals surface area contributed by atoms with Crippen molar-refractivity contribution in [3.8, 4) is 40.1 Å². The van der Waals surface area contributed by atoms with E-state index in [-0.39, 0.29) is 0 Å². The minimum absolute atomic E-state index is 0.563. The van der Waals surface area contributed by atoms with Gasteiger partial charge in [-0.25, -0.2) is 0 Å². The van der Waals surface area contributed by atoms with Crippen LogP contribution in [0.25, 0.3) is 138 Å². The van der Waals surface area contributed by atoms with Gasteiger partial charge < -0.3 is 4.57 Å². The van der Waals surface area contributed by atoms with E-state index in [4.69, 9.17) is 15.0 Å².